The largest absolute Gasteiger partial charge is 0.393 e. The maximum atomic E-state index is 10.7. The van der Waals surface area contributed by atoms with Gasteiger partial charge >= 0.3 is 0 Å². The summed E-state index contributed by atoms with van der Waals surface area (Å²) < 4.78 is 0. The highest BCUT2D eigenvalue weighted by atomic mass is 16.3. The Hall–Kier alpha value is -0.340. The van der Waals surface area contributed by atoms with Crippen LogP contribution in [0.5, 0.6) is 0 Å². The van der Waals surface area contributed by atoms with Crippen LogP contribution < -0.4 is 0 Å². The van der Waals surface area contributed by atoms with Crippen LogP contribution in [-0.2, 0) is 0 Å². The van der Waals surface area contributed by atoms with E-state index in [9.17, 15) is 10.2 Å². The summed E-state index contributed by atoms with van der Waals surface area (Å²) >= 11 is 0. The van der Waals surface area contributed by atoms with Crippen molar-refractivity contribution in [2.45, 2.75) is 77.9 Å². The van der Waals surface area contributed by atoms with Crippen LogP contribution in [0.3, 0.4) is 0 Å². The van der Waals surface area contributed by atoms with E-state index in [0.717, 1.165) is 31.1 Å². The van der Waals surface area contributed by atoms with Gasteiger partial charge < -0.3 is 10.2 Å². The van der Waals surface area contributed by atoms with Crippen molar-refractivity contribution in [2.24, 2.45) is 34.5 Å². The van der Waals surface area contributed by atoms with E-state index >= 15 is 0 Å². The van der Waals surface area contributed by atoms with Crippen molar-refractivity contribution in [1.82, 2.24) is 0 Å². The second-order valence-corrected chi connectivity index (χ2v) is 9.36. The normalized spacial score (nSPS) is 57.6. The van der Waals surface area contributed by atoms with Crippen LogP contribution in [0.4, 0.5) is 0 Å². The van der Waals surface area contributed by atoms with Gasteiger partial charge in [-0.2, -0.15) is 0 Å². The molecule has 22 heavy (non-hydrogen) atoms. The minimum absolute atomic E-state index is 0.107. The van der Waals surface area contributed by atoms with Crippen LogP contribution in [-0.4, -0.2) is 22.4 Å². The maximum Gasteiger partial charge on any atom is 0.0622 e. The summed E-state index contributed by atoms with van der Waals surface area (Å²) in [6.07, 6.45) is 10.1. The minimum Gasteiger partial charge on any atom is -0.393 e. The Morgan fingerprint density at radius 3 is 2.64 bits per heavy atom. The zero-order valence-electron chi connectivity index (χ0n) is 14.4. The maximum absolute atomic E-state index is 10.7. The Morgan fingerprint density at radius 1 is 1.09 bits per heavy atom. The first kappa shape index (κ1) is 15.2. The van der Waals surface area contributed by atoms with E-state index in [0.29, 0.717) is 17.3 Å². The zero-order chi connectivity index (χ0) is 15.7. The van der Waals surface area contributed by atoms with Gasteiger partial charge in [0.1, 0.15) is 0 Å². The van der Waals surface area contributed by atoms with Crippen LogP contribution in [0.15, 0.2) is 11.6 Å². The smallest absolute Gasteiger partial charge is 0.0622 e. The fourth-order valence-corrected chi connectivity index (χ4v) is 6.98. The van der Waals surface area contributed by atoms with E-state index in [1.54, 1.807) is 5.57 Å². The molecular formula is C20H32O2. The lowest BCUT2D eigenvalue weighted by atomic mass is 9.48. The van der Waals surface area contributed by atoms with Crippen molar-refractivity contribution in [3.05, 3.63) is 11.6 Å². The molecule has 0 amide bonds. The lowest BCUT2D eigenvalue weighted by Crippen LogP contribution is -2.51. The number of aliphatic hydroxyl groups is 2. The molecular weight excluding hydrogens is 272 g/mol. The molecule has 8 atom stereocenters. The molecule has 0 bridgehead atoms. The topological polar surface area (TPSA) is 40.5 Å². The molecule has 2 N–H and O–H groups in total. The highest BCUT2D eigenvalue weighted by Crippen LogP contribution is 2.65. The van der Waals surface area contributed by atoms with Crippen molar-refractivity contribution < 1.29 is 10.2 Å². The van der Waals surface area contributed by atoms with Gasteiger partial charge in [0.2, 0.25) is 0 Å². The summed E-state index contributed by atoms with van der Waals surface area (Å²) in [5, 5.41) is 20.8. The Labute approximate surface area is 135 Å². The predicted octanol–water partition coefficient (Wildman–Crippen LogP) is 3.92. The highest BCUT2D eigenvalue weighted by molar-refractivity contribution is 5.25. The predicted molar refractivity (Wildman–Crippen MR) is 88.3 cm³/mol. The molecule has 3 fully saturated rings. The standard InChI is InChI=1S/C20H32O2/c1-12-10-17-15-5-4-13-11-14(21)6-8-19(13,2)16(15)7-9-20(17,3)18(12)22/h4,12,14-18,21-22H,5-11H2,1-3H3/t12-,14+,15?,16?,17?,18+,19+,20+/m1/s1. The quantitative estimate of drug-likeness (QED) is 0.666. The first-order chi connectivity index (χ1) is 10.4. The van der Waals surface area contributed by atoms with Gasteiger partial charge in [-0.15, -0.1) is 0 Å². The van der Waals surface area contributed by atoms with Crippen LogP contribution in [0.2, 0.25) is 0 Å². The summed E-state index contributed by atoms with van der Waals surface area (Å²) in [6, 6.07) is 0. The molecule has 0 aromatic heterocycles. The van der Waals surface area contributed by atoms with Gasteiger partial charge in [0.05, 0.1) is 12.2 Å². The van der Waals surface area contributed by atoms with Crippen LogP contribution in [0, 0.1) is 34.5 Å². The fraction of sp³-hybridized carbons (Fsp3) is 0.900. The van der Waals surface area contributed by atoms with E-state index < -0.39 is 0 Å². The fourth-order valence-electron chi connectivity index (χ4n) is 6.98. The lowest BCUT2D eigenvalue weighted by molar-refractivity contribution is -0.0744. The molecule has 0 aromatic rings. The van der Waals surface area contributed by atoms with Crippen molar-refractivity contribution in [1.29, 1.82) is 0 Å². The molecule has 4 aliphatic rings. The van der Waals surface area contributed by atoms with Gasteiger partial charge in [0.15, 0.2) is 0 Å². The Balaban J connectivity index is 1.68. The lowest BCUT2D eigenvalue weighted by Gasteiger charge is -2.57. The summed E-state index contributed by atoms with van der Waals surface area (Å²) in [7, 11) is 0. The summed E-state index contributed by atoms with van der Waals surface area (Å²) in [5.74, 6) is 2.68. The first-order valence-electron chi connectivity index (χ1n) is 9.42. The number of hydrogen-bond donors (Lipinski definition) is 2. The third-order valence-electron chi connectivity index (χ3n) is 8.36. The van der Waals surface area contributed by atoms with Crippen molar-refractivity contribution in [2.75, 3.05) is 0 Å². The molecule has 2 heteroatoms. The van der Waals surface area contributed by atoms with Crippen molar-refractivity contribution >= 4 is 0 Å². The molecule has 0 spiro atoms. The molecule has 0 radical (unpaired) electrons. The zero-order valence-corrected chi connectivity index (χ0v) is 14.4. The molecule has 3 saturated carbocycles. The Bertz CT molecular complexity index is 498. The van der Waals surface area contributed by atoms with Gasteiger partial charge in [-0.1, -0.05) is 32.4 Å². The van der Waals surface area contributed by atoms with Gasteiger partial charge in [0.25, 0.3) is 0 Å². The van der Waals surface area contributed by atoms with Gasteiger partial charge in [-0.25, -0.2) is 0 Å². The molecule has 3 unspecified atom stereocenters. The Morgan fingerprint density at radius 2 is 1.86 bits per heavy atom. The minimum atomic E-state index is -0.113. The second-order valence-electron chi connectivity index (χ2n) is 9.36. The number of fused-ring (bicyclic) bond motifs is 5. The van der Waals surface area contributed by atoms with E-state index in [1.165, 1.54) is 25.7 Å². The van der Waals surface area contributed by atoms with E-state index in [1.807, 2.05) is 0 Å². The van der Waals surface area contributed by atoms with Gasteiger partial charge in [-0.3, -0.25) is 0 Å². The molecule has 0 saturated heterocycles. The van der Waals surface area contributed by atoms with Crippen LogP contribution in [0.25, 0.3) is 0 Å². The molecule has 0 aliphatic heterocycles. The summed E-state index contributed by atoms with van der Waals surface area (Å²) in [5.41, 5.74) is 2.01. The molecule has 4 rings (SSSR count). The first-order valence-corrected chi connectivity index (χ1v) is 9.42. The Kier molecular flexibility index (Phi) is 3.34. The third-order valence-corrected chi connectivity index (χ3v) is 8.36. The SMILES string of the molecule is C[C@@H]1CC2C3CC=C4C[C@@H](O)CC[C@]4(C)C3CC[C@]2(C)[C@H]1O. The molecule has 0 aromatic carbocycles. The van der Waals surface area contributed by atoms with Crippen LogP contribution in [0.1, 0.15) is 65.7 Å². The molecule has 124 valence electrons. The monoisotopic (exact) mass is 304 g/mol. The average molecular weight is 304 g/mol. The van der Waals surface area contributed by atoms with Crippen molar-refractivity contribution in [3.63, 3.8) is 0 Å². The molecule has 4 aliphatic carbocycles. The van der Waals surface area contributed by atoms with E-state index in [4.69, 9.17) is 0 Å². The number of hydrogen-bond acceptors (Lipinski definition) is 2. The third kappa shape index (κ3) is 1.86. The van der Waals surface area contributed by atoms with E-state index in [-0.39, 0.29) is 17.6 Å². The average Bonchev–Trinajstić information content (AvgIpc) is 2.72. The van der Waals surface area contributed by atoms with Gasteiger partial charge in [-0.05, 0) is 79.4 Å². The second kappa shape index (κ2) is 4.83. The highest BCUT2D eigenvalue weighted by Gasteiger charge is 2.59. The van der Waals surface area contributed by atoms with Crippen LogP contribution >= 0.6 is 0 Å². The molecule has 2 nitrogen and oxygen atoms in total. The number of rotatable bonds is 0. The van der Waals surface area contributed by atoms with E-state index in [2.05, 4.69) is 26.8 Å². The van der Waals surface area contributed by atoms with Gasteiger partial charge in [0, 0.05) is 0 Å². The number of aliphatic hydroxyl groups excluding tert-OH is 2. The summed E-state index contributed by atoms with van der Waals surface area (Å²) in [6.45, 7) is 7.07. The molecule has 0 heterocycles. The number of allylic oxidation sites excluding steroid dienone is 1. The van der Waals surface area contributed by atoms with Crippen molar-refractivity contribution in [3.8, 4) is 0 Å². The summed E-state index contributed by atoms with van der Waals surface area (Å²) in [4.78, 5) is 0.